The highest BCUT2D eigenvalue weighted by Gasteiger charge is 2.36. The lowest BCUT2D eigenvalue weighted by Crippen LogP contribution is -2.37. The fourth-order valence-corrected chi connectivity index (χ4v) is 6.20. The molecule has 2 aromatic carbocycles. The van der Waals surface area contributed by atoms with Crippen molar-refractivity contribution in [3.8, 4) is 0 Å². The summed E-state index contributed by atoms with van der Waals surface area (Å²) in [5, 5.41) is 31.3. The van der Waals surface area contributed by atoms with Gasteiger partial charge < -0.3 is 20.2 Å². The minimum absolute atomic E-state index is 0.0207. The van der Waals surface area contributed by atoms with Gasteiger partial charge in [-0.2, -0.15) is 4.57 Å². The van der Waals surface area contributed by atoms with Gasteiger partial charge in [0.2, 0.25) is 11.3 Å². The first-order valence-electron chi connectivity index (χ1n) is 10.2. The smallest absolute Gasteiger partial charge is 0.263 e. The number of anilines is 1. The molecule has 0 radical (unpaired) electrons. The van der Waals surface area contributed by atoms with Crippen molar-refractivity contribution < 1.29 is 24.7 Å². The van der Waals surface area contributed by atoms with Gasteiger partial charge in [0.25, 0.3) is 5.01 Å². The zero-order valence-electron chi connectivity index (χ0n) is 17.1. The number of thiazole rings is 1. The van der Waals surface area contributed by atoms with E-state index in [4.69, 9.17) is 0 Å². The van der Waals surface area contributed by atoms with Crippen LogP contribution < -0.4 is 9.47 Å². The van der Waals surface area contributed by atoms with Crippen LogP contribution in [0.2, 0.25) is 0 Å². The van der Waals surface area contributed by atoms with Crippen LogP contribution in [-0.4, -0.2) is 40.9 Å². The number of thioether (sulfide) groups is 1. The third-order valence-electron chi connectivity index (χ3n) is 5.46. The van der Waals surface area contributed by atoms with E-state index in [2.05, 4.69) is 0 Å². The number of Topliss-reactive ketones (excluding diaryl/α,β-unsaturated/α-hetero) is 1. The topological polar surface area (TPSA) is 84.9 Å². The van der Waals surface area contributed by atoms with Crippen LogP contribution in [0.4, 0.5) is 5.69 Å². The van der Waals surface area contributed by atoms with E-state index in [1.165, 1.54) is 23.1 Å². The molecular formula is C24H21N2O4S2+. The maximum absolute atomic E-state index is 12.9. The van der Waals surface area contributed by atoms with E-state index in [0.717, 1.165) is 30.8 Å². The fraction of sp³-hybridized carbons (Fsp3) is 0.167. The molecule has 1 aromatic heterocycles. The van der Waals surface area contributed by atoms with E-state index < -0.39 is 0 Å². The fourth-order valence-electron chi connectivity index (χ4n) is 3.94. The van der Waals surface area contributed by atoms with Crippen molar-refractivity contribution in [3.63, 3.8) is 0 Å². The van der Waals surface area contributed by atoms with Gasteiger partial charge in [-0.25, -0.2) is 0 Å². The van der Waals surface area contributed by atoms with E-state index in [0.29, 0.717) is 13.1 Å². The Morgan fingerprint density at radius 2 is 1.78 bits per heavy atom. The highest BCUT2D eigenvalue weighted by Crippen LogP contribution is 2.47. The second-order valence-corrected chi connectivity index (χ2v) is 9.48. The second-order valence-electron chi connectivity index (χ2n) is 7.36. The minimum atomic E-state index is -0.219. The van der Waals surface area contributed by atoms with E-state index in [1.807, 2.05) is 58.0 Å². The van der Waals surface area contributed by atoms with Gasteiger partial charge in [-0.05, 0) is 24.3 Å². The molecule has 162 valence electrons. The number of hydrogen-bond donors (Lipinski definition) is 3. The summed E-state index contributed by atoms with van der Waals surface area (Å²) in [6, 6.07) is 15.7. The van der Waals surface area contributed by atoms with E-state index in [-0.39, 0.29) is 35.9 Å². The molecule has 1 aliphatic heterocycles. The van der Waals surface area contributed by atoms with Crippen molar-refractivity contribution in [2.45, 2.75) is 11.4 Å². The Bertz CT molecular complexity index is 1320. The quantitative estimate of drug-likeness (QED) is 0.382. The zero-order chi connectivity index (χ0) is 22.2. The van der Waals surface area contributed by atoms with Crippen molar-refractivity contribution in [3.05, 3.63) is 81.5 Å². The number of para-hydroxylation sites is 2. The van der Waals surface area contributed by atoms with Gasteiger partial charge in [-0.3, -0.25) is 4.79 Å². The van der Waals surface area contributed by atoms with Crippen LogP contribution in [0.25, 0.3) is 16.3 Å². The average Bonchev–Trinajstić information content (AvgIpc) is 3.34. The van der Waals surface area contributed by atoms with Crippen LogP contribution in [0, 0.1) is 0 Å². The average molecular weight is 466 g/mol. The van der Waals surface area contributed by atoms with Crippen LogP contribution in [0.1, 0.15) is 5.01 Å². The molecule has 2 aliphatic rings. The van der Waals surface area contributed by atoms with Gasteiger partial charge in [-0.1, -0.05) is 47.4 Å². The third kappa shape index (κ3) is 3.45. The number of carbonyl (C=O) groups is 1. The number of rotatable bonds is 6. The number of nitrogens with zero attached hydrogens (tertiary/aromatic N) is 2. The number of hydrogen-bond acceptors (Lipinski definition) is 7. The Morgan fingerprint density at radius 3 is 2.56 bits per heavy atom. The maximum Gasteiger partial charge on any atom is 0.263 e. The largest absolute Gasteiger partial charge is 0.506 e. The van der Waals surface area contributed by atoms with Crippen molar-refractivity contribution in [2.24, 2.45) is 0 Å². The molecule has 3 N–H and O–H groups in total. The summed E-state index contributed by atoms with van der Waals surface area (Å²) in [7, 11) is 0. The number of ketones is 1. The standard InChI is InChI=1S/C24H20N2O4S2/c27-11-9-25-17-5-1-3-7-19(17)31-21(25)13-15-23(29)16(24(15)30)14-22-26(10-12-28)18-6-2-4-8-20(18)32-22/h1-8,13-14,27-28H,9-12H2/p+1. The summed E-state index contributed by atoms with van der Waals surface area (Å²) in [5.41, 5.74) is 2.50. The van der Waals surface area contributed by atoms with Crippen LogP contribution in [0.15, 0.2) is 81.4 Å². The van der Waals surface area contributed by atoms with Crippen molar-refractivity contribution in [2.75, 3.05) is 24.7 Å². The highest BCUT2D eigenvalue weighted by atomic mass is 32.2. The van der Waals surface area contributed by atoms with Gasteiger partial charge in [-0.15, -0.1) is 0 Å². The summed E-state index contributed by atoms with van der Waals surface area (Å²) in [6.45, 7) is 0.772. The van der Waals surface area contributed by atoms with Crippen molar-refractivity contribution in [1.82, 2.24) is 0 Å². The van der Waals surface area contributed by atoms with Gasteiger partial charge in [0.15, 0.2) is 6.54 Å². The molecular weight excluding hydrogens is 444 g/mol. The molecule has 0 saturated carbocycles. The summed E-state index contributed by atoms with van der Waals surface area (Å²) in [6.07, 6.45) is 3.39. The molecule has 0 bridgehead atoms. The summed E-state index contributed by atoms with van der Waals surface area (Å²) in [5.74, 6) is -0.250. The van der Waals surface area contributed by atoms with E-state index in [9.17, 15) is 20.1 Å². The molecule has 3 aromatic rings. The third-order valence-corrected chi connectivity index (χ3v) is 7.68. The van der Waals surface area contributed by atoms with Gasteiger partial charge >= 0.3 is 0 Å². The van der Waals surface area contributed by atoms with Gasteiger partial charge in [0, 0.05) is 23.6 Å². The molecule has 6 nitrogen and oxygen atoms in total. The summed E-state index contributed by atoms with van der Waals surface area (Å²) < 4.78 is 3.00. The lowest BCUT2D eigenvalue weighted by atomic mass is 9.88. The van der Waals surface area contributed by atoms with Crippen LogP contribution in [0.3, 0.4) is 0 Å². The Kier molecular flexibility index (Phi) is 5.60. The minimum Gasteiger partial charge on any atom is -0.506 e. The lowest BCUT2D eigenvalue weighted by molar-refractivity contribution is -0.670. The van der Waals surface area contributed by atoms with E-state index in [1.54, 1.807) is 12.2 Å². The summed E-state index contributed by atoms with van der Waals surface area (Å²) >= 11 is 3.02. The molecule has 5 rings (SSSR count). The number of aromatic nitrogens is 1. The number of fused-ring (bicyclic) bond motifs is 2. The Balaban J connectivity index is 1.51. The molecule has 2 heterocycles. The van der Waals surface area contributed by atoms with Gasteiger partial charge in [0.1, 0.15) is 17.1 Å². The molecule has 0 atom stereocenters. The molecule has 32 heavy (non-hydrogen) atoms. The SMILES string of the molecule is O=C1C(/C=C2/Sc3ccccc3N2CCO)=C(O)C/1=C/c1sc2ccccc2[n+]1CCO. The molecule has 0 fully saturated rings. The molecule has 0 saturated heterocycles. The number of carbonyl (C=O) groups excluding carboxylic acids is 1. The highest BCUT2D eigenvalue weighted by molar-refractivity contribution is 8.03. The first-order valence-corrected chi connectivity index (χ1v) is 11.8. The number of benzene rings is 2. The molecule has 1 aliphatic carbocycles. The van der Waals surface area contributed by atoms with E-state index >= 15 is 0 Å². The predicted molar refractivity (Wildman–Crippen MR) is 127 cm³/mol. The number of allylic oxidation sites excluding steroid dienone is 3. The van der Waals surface area contributed by atoms with Crippen molar-refractivity contribution in [1.29, 1.82) is 0 Å². The summed E-state index contributed by atoms with van der Waals surface area (Å²) in [4.78, 5) is 15.9. The first-order chi connectivity index (χ1) is 15.6. The Morgan fingerprint density at radius 1 is 1.00 bits per heavy atom. The second kappa shape index (κ2) is 8.55. The predicted octanol–water partition coefficient (Wildman–Crippen LogP) is 3.41. The Labute approximate surface area is 193 Å². The monoisotopic (exact) mass is 465 g/mol. The number of aliphatic hydroxyl groups is 3. The lowest BCUT2D eigenvalue weighted by Gasteiger charge is -2.22. The normalized spacial score (nSPS) is 18.2. The van der Waals surface area contributed by atoms with Crippen molar-refractivity contribution >= 4 is 50.9 Å². The molecule has 0 amide bonds. The van der Waals surface area contributed by atoms with Gasteiger partial charge in [0.05, 0.1) is 28.5 Å². The number of aliphatic hydroxyl groups excluding tert-OH is 3. The molecule has 0 spiro atoms. The maximum atomic E-state index is 12.9. The van der Waals surface area contributed by atoms with Crippen LogP contribution in [0.5, 0.6) is 0 Å². The van der Waals surface area contributed by atoms with Crippen LogP contribution >= 0.6 is 23.1 Å². The Hall–Kier alpha value is -2.91. The van der Waals surface area contributed by atoms with Crippen LogP contribution in [-0.2, 0) is 11.3 Å². The first kappa shape index (κ1) is 21.0. The molecule has 0 unspecified atom stereocenters. The number of β-amino-alcohol motifs (C(OH)–C–C–N with tert-alkyl or cyclic N) is 1. The zero-order valence-corrected chi connectivity index (χ0v) is 18.7. The molecule has 8 heteroatoms.